The number of benzene rings is 2. The van der Waals surface area contributed by atoms with Crippen LogP contribution in [0.1, 0.15) is 45.1 Å². The minimum atomic E-state index is -0.664. The molecule has 4 rings (SSSR count). The van der Waals surface area contributed by atoms with Crippen molar-refractivity contribution in [3.63, 3.8) is 0 Å². The topological polar surface area (TPSA) is 51.2 Å². The summed E-state index contributed by atoms with van der Waals surface area (Å²) in [7, 11) is 0. The summed E-state index contributed by atoms with van der Waals surface area (Å²) in [6.07, 6.45) is 5.22. The molecule has 0 spiro atoms. The number of hydrogen-bond donors (Lipinski definition) is 1. The maximum atomic E-state index is 13.7. The van der Waals surface area contributed by atoms with Crippen LogP contribution >= 0.6 is 23.2 Å². The van der Waals surface area contributed by atoms with Crippen molar-refractivity contribution >= 4 is 45.7 Å². The van der Waals surface area contributed by atoms with E-state index in [-0.39, 0.29) is 5.91 Å². The van der Waals surface area contributed by atoms with Gasteiger partial charge in [-0.2, -0.15) is 0 Å². The molecule has 1 aliphatic carbocycles. The zero-order valence-electron chi connectivity index (χ0n) is 17.8. The number of nitrogens with zero attached hydrogens (tertiary/aromatic N) is 1. The van der Waals surface area contributed by atoms with E-state index in [9.17, 15) is 4.79 Å². The van der Waals surface area contributed by atoms with Gasteiger partial charge in [-0.25, -0.2) is 0 Å². The second-order valence-corrected chi connectivity index (χ2v) is 9.43. The van der Waals surface area contributed by atoms with Gasteiger partial charge in [0.05, 0.1) is 17.7 Å². The lowest BCUT2D eigenvalue weighted by molar-refractivity contribution is -0.121. The molecule has 0 atom stereocenters. The van der Waals surface area contributed by atoms with Gasteiger partial charge in [-0.3, -0.25) is 9.78 Å². The van der Waals surface area contributed by atoms with Gasteiger partial charge in [0.1, 0.15) is 11.3 Å². The third kappa shape index (κ3) is 4.37. The van der Waals surface area contributed by atoms with Crippen LogP contribution in [0.5, 0.6) is 5.75 Å². The number of carbonyl (C=O) groups excluding carboxylic acids is 1. The normalized spacial score (nSPS) is 15.4. The first kappa shape index (κ1) is 21.9. The molecule has 1 heterocycles. The Morgan fingerprint density at radius 3 is 2.65 bits per heavy atom. The van der Waals surface area contributed by atoms with Crippen molar-refractivity contribution in [2.75, 3.05) is 11.9 Å². The third-order valence-electron chi connectivity index (χ3n) is 5.89. The number of amides is 1. The predicted molar refractivity (Wildman–Crippen MR) is 127 cm³/mol. The zero-order valence-corrected chi connectivity index (χ0v) is 19.3. The molecule has 31 heavy (non-hydrogen) atoms. The first-order valence-corrected chi connectivity index (χ1v) is 11.4. The van der Waals surface area contributed by atoms with E-state index in [0.717, 1.165) is 53.6 Å². The molecule has 1 amide bonds. The summed E-state index contributed by atoms with van der Waals surface area (Å²) in [6.45, 7) is 4.82. The lowest BCUT2D eigenvalue weighted by Crippen LogP contribution is -2.38. The molecule has 1 aliphatic rings. The molecule has 2 aromatic carbocycles. The zero-order chi connectivity index (χ0) is 22.0. The smallest absolute Gasteiger partial charge is 0.235 e. The number of aromatic nitrogens is 1. The molecule has 0 aliphatic heterocycles. The number of hydrogen-bond acceptors (Lipinski definition) is 3. The van der Waals surface area contributed by atoms with E-state index < -0.39 is 5.41 Å². The summed E-state index contributed by atoms with van der Waals surface area (Å²) in [4.78, 5) is 18.2. The molecule has 0 bridgehead atoms. The van der Waals surface area contributed by atoms with Gasteiger partial charge in [0.2, 0.25) is 5.91 Å². The minimum Gasteiger partial charge on any atom is -0.491 e. The highest BCUT2D eigenvalue weighted by molar-refractivity contribution is 6.35. The number of anilines is 1. The maximum Gasteiger partial charge on any atom is 0.235 e. The van der Waals surface area contributed by atoms with Crippen molar-refractivity contribution in [1.29, 1.82) is 0 Å². The Kier molecular flexibility index (Phi) is 6.40. The Balaban J connectivity index is 1.69. The van der Waals surface area contributed by atoms with Gasteiger partial charge in [-0.1, -0.05) is 56.0 Å². The summed E-state index contributed by atoms with van der Waals surface area (Å²) in [5, 5.41) is 5.13. The summed E-state index contributed by atoms with van der Waals surface area (Å²) in [6, 6.07) is 13.0. The number of carbonyl (C=O) groups is 1. The predicted octanol–water partition coefficient (Wildman–Crippen LogP) is 7.03. The highest BCUT2D eigenvalue weighted by atomic mass is 35.5. The Hall–Kier alpha value is -2.30. The molecule has 6 heteroatoms. The third-order valence-corrected chi connectivity index (χ3v) is 6.44. The van der Waals surface area contributed by atoms with Crippen molar-refractivity contribution in [2.24, 2.45) is 5.92 Å². The molecule has 1 saturated carbocycles. The van der Waals surface area contributed by atoms with E-state index in [1.54, 1.807) is 18.3 Å². The molecule has 1 N–H and O–H groups in total. The largest absolute Gasteiger partial charge is 0.491 e. The van der Waals surface area contributed by atoms with E-state index in [1.807, 2.05) is 30.3 Å². The van der Waals surface area contributed by atoms with Crippen LogP contribution < -0.4 is 10.1 Å². The van der Waals surface area contributed by atoms with E-state index in [2.05, 4.69) is 24.1 Å². The molecule has 1 fully saturated rings. The molecule has 162 valence electrons. The average molecular weight is 457 g/mol. The van der Waals surface area contributed by atoms with Crippen LogP contribution in [0.4, 0.5) is 5.69 Å². The van der Waals surface area contributed by atoms with E-state index in [1.165, 1.54) is 0 Å². The molecule has 1 aromatic heterocycles. The van der Waals surface area contributed by atoms with Gasteiger partial charge < -0.3 is 10.1 Å². The summed E-state index contributed by atoms with van der Waals surface area (Å²) in [5.74, 6) is 1.08. The van der Waals surface area contributed by atoms with E-state index in [4.69, 9.17) is 27.9 Å². The molecule has 3 aromatic rings. The molecular weight excluding hydrogens is 431 g/mol. The van der Waals surface area contributed by atoms with E-state index >= 15 is 0 Å². The average Bonchev–Trinajstić information content (AvgIpc) is 3.24. The van der Waals surface area contributed by atoms with Crippen molar-refractivity contribution in [3.05, 3.63) is 64.3 Å². The second-order valence-electron chi connectivity index (χ2n) is 8.58. The Labute approximate surface area is 192 Å². The second kappa shape index (κ2) is 9.05. The number of rotatable bonds is 6. The number of pyridine rings is 1. The lowest BCUT2D eigenvalue weighted by atomic mass is 9.77. The fraction of sp³-hybridized carbons (Fsp3) is 0.360. The SMILES string of the molecule is CC(C)COc1ccc(NC(=O)C2(c3ccc(Cl)cc3Cl)CCCC2)c2cccnc12. The summed E-state index contributed by atoms with van der Waals surface area (Å²) in [5.41, 5.74) is 1.64. The Bertz CT molecular complexity index is 1110. The standard InChI is InChI=1S/C25H26Cl2N2O2/c1-16(2)15-31-22-10-9-21(18-6-5-13-28-23(18)22)29-24(30)25(11-3-4-12-25)19-8-7-17(26)14-20(19)27/h5-10,13-14,16H,3-4,11-12,15H2,1-2H3,(H,29,30). The summed E-state index contributed by atoms with van der Waals surface area (Å²) < 4.78 is 5.95. The molecule has 0 radical (unpaired) electrons. The number of halogens is 2. The fourth-order valence-corrected chi connectivity index (χ4v) is 4.93. The van der Waals surface area contributed by atoms with Crippen molar-refractivity contribution in [3.8, 4) is 5.75 Å². The quantitative estimate of drug-likeness (QED) is 0.433. The first-order chi connectivity index (χ1) is 14.9. The molecular formula is C25H26Cl2N2O2. The van der Waals surface area contributed by atoms with Crippen molar-refractivity contribution < 1.29 is 9.53 Å². The Morgan fingerprint density at radius 2 is 1.94 bits per heavy atom. The van der Waals surface area contributed by atoms with Gasteiger partial charge in [-0.05, 0) is 60.7 Å². The highest BCUT2D eigenvalue weighted by Crippen LogP contribution is 2.45. The Morgan fingerprint density at radius 1 is 1.16 bits per heavy atom. The van der Waals surface area contributed by atoms with Gasteiger partial charge >= 0.3 is 0 Å². The molecule has 0 saturated heterocycles. The van der Waals surface area contributed by atoms with Gasteiger partial charge in [0.15, 0.2) is 0 Å². The van der Waals surface area contributed by atoms with Crippen LogP contribution in [0.3, 0.4) is 0 Å². The minimum absolute atomic E-state index is 0.0461. The van der Waals surface area contributed by atoms with Gasteiger partial charge in [0.25, 0.3) is 0 Å². The van der Waals surface area contributed by atoms with Crippen LogP contribution in [0, 0.1) is 5.92 Å². The lowest BCUT2D eigenvalue weighted by Gasteiger charge is -2.29. The molecule has 4 nitrogen and oxygen atoms in total. The number of ether oxygens (including phenoxy) is 1. The highest BCUT2D eigenvalue weighted by Gasteiger charge is 2.44. The fourth-order valence-electron chi connectivity index (χ4n) is 4.35. The number of nitrogens with one attached hydrogen (secondary N) is 1. The first-order valence-electron chi connectivity index (χ1n) is 10.7. The van der Waals surface area contributed by atoms with Gasteiger partial charge in [-0.15, -0.1) is 0 Å². The molecule has 0 unspecified atom stereocenters. The van der Waals surface area contributed by atoms with Crippen LogP contribution in [-0.2, 0) is 10.2 Å². The van der Waals surface area contributed by atoms with Crippen LogP contribution in [-0.4, -0.2) is 17.5 Å². The van der Waals surface area contributed by atoms with Gasteiger partial charge in [0, 0.05) is 21.6 Å². The van der Waals surface area contributed by atoms with Crippen LogP contribution in [0.2, 0.25) is 10.0 Å². The van der Waals surface area contributed by atoms with Crippen LogP contribution in [0.25, 0.3) is 10.9 Å². The maximum absolute atomic E-state index is 13.7. The summed E-state index contributed by atoms with van der Waals surface area (Å²) >= 11 is 12.6. The van der Waals surface area contributed by atoms with Crippen molar-refractivity contribution in [2.45, 2.75) is 44.9 Å². The monoisotopic (exact) mass is 456 g/mol. The van der Waals surface area contributed by atoms with E-state index in [0.29, 0.717) is 22.6 Å². The van der Waals surface area contributed by atoms with Crippen LogP contribution in [0.15, 0.2) is 48.7 Å². The number of fused-ring (bicyclic) bond motifs is 1. The van der Waals surface area contributed by atoms with Crippen molar-refractivity contribution in [1.82, 2.24) is 4.98 Å².